The molecule has 0 aromatic carbocycles. The Morgan fingerprint density at radius 1 is 1.58 bits per heavy atom. The number of nitrogens with zero attached hydrogens (tertiary/aromatic N) is 2. The number of nitrogens with two attached hydrogens (primary N) is 1. The van der Waals surface area contributed by atoms with Crippen LogP contribution >= 0.6 is 24.0 Å². The van der Waals surface area contributed by atoms with Crippen molar-refractivity contribution in [3.63, 3.8) is 0 Å². The summed E-state index contributed by atoms with van der Waals surface area (Å²) in [5.41, 5.74) is 8.98. The Bertz CT molecular complexity index is 678. The molecule has 0 bridgehead atoms. The fourth-order valence-electron chi connectivity index (χ4n) is 3.05. The summed E-state index contributed by atoms with van der Waals surface area (Å²) in [7, 11) is 1.71. The highest BCUT2D eigenvalue weighted by Crippen LogP contribution is 2.38. The van der Waals surface area contributed by atoms with Crippen molar-refractivity contribution in [3.8, 4) is 0 Å². The van der Waals surface area contributed by atoms with Gasteiger partial charge in [0.1, 0.15) is 5.65 Å². The number of fused-ring (bicyclic) bond motifs is 1. The summed E-state index contributed by atoms with van der Waals surface area (Å²) in [6.45, 7) is 4.52. The van der Waals surface area contributed by atoms with Crippen LogP contribution in [0.3, 0.4) is 0 Å². The van der Waals surface area contributed by atoms with Crippen LogP contribution in [-0.2, 0) is 4.74 Å². The highest BCUT2D eigenvalue weighted by atomic mass is 35.5. The van der Waals surface area contributed by atoms with Gasteiger partial charge >= 0.3 is 0 Å². The van der Waals surface area contributed by atoms with Crippen LogP contribution in [0.5, 0.6) is 0 Å². The summed E-state index contributed by atoms with van der Waals surface area (Å²) >= 11 is 6.49. The highest BCUT2D eigenvalue weighted by molar-refractivity contribution is 6.35. The van der Waals surface area contributed by atoms with Gasteiger partial charge in [0.25, 0.3) is 0 Å². The average molecular weight is 374 g/mol. The van der Waals surface area contributed by atoms with E-state index < -0.39 is 0 Å². The maximum Gasteiger partial charge on any atom is 0.141 e. The largest absolute Gasteiger partial charge is 0.381 e. The number of aromatic amines is 1. The normalized spacial score (nSPS) is 19.2. The van der Waals surface area contributed by atoms with Gasteiger partial charge in [-0.25, -0.2) is 4.98 Å². The number of methoxy groups -OCH3 is 1. The molecule has 24 heavy (non-hydrogen) atoms. The zero-order valence-electron chi connectivity index (χ0n) is 14.0. The first kappa shape index (κ1) is 19.1. The molecule has 0 radical (unpaired) electrons. The van der Waals surface area contributed by atoms with Gasteiger partial charge in [0.05, 0.1) is 34.1 Å². The second kappa shape index (κ2) is 8.25. The van der Waals surface area contributed by atoms with E-state index in [4.69, 9.17) is 22.1 Å². The molecule has 2 aromatic heterocycles. The van der Waals surface area contributed by atoms with Gasteiger partial charge < -0.3 is 25.7 Å². The number of ether oxygens (including phenoxy) is 1. The van der Waals surface area contributed by atoms with Crippen molar-refractivity contribution >= 4 is 46.4 Å². The number of pyridine rings is 1. The Hall–Kier alpha value is -1.21. The molecule has 3 rings (SSSR count). The van der Waals surface area contributed by atoms with E-state index in [0.29, 0.717) is 5.02 Å². The molecule has 4 N–H and O–H groups in total. The van der Waals surface area contributed by atoms with Crippen LogP contribution in [0, 0.1) is 0 Å². The standard InChI is InChI=1S/C16H24ClN5O.ClH/c1-10(23-2)6-19-13-8-21-16-14(13)15(12(17)7-20-16)22-5-3-4-11(18)9-22;/h7-8,10-11,19H,3-6,9,18H2,1-2H3,(H,20,21);1H/t10?,11-;/m1./s1. The summed E-state index contributed by atoms with van der Waals surface area (Å²) in [6, 6.07) is 0.187. The number of nitrogens with one attached hydrogen (secondary N) is 2. The quantitative estimate of drug-likeness (QED) is 0.750. The first-order chi connectivity index (χ1) is 11.1. The van der Waals surface area contributed by atoms with E-state index >= 15 is 0 Å². The molecule has 2 atom stereocenters. The number of hydrogen-bond acceptors (Lipinski definition) is 5. The third-order valence-electron chi connectivity index (χ3n) is 4.39. The smallest absolute Gasteiger partial charge is 0.141 e. The zero-order chi connectivity index (χ0) is 16.4. The van der Waals surface area contributed by atoms with Gasteiger partial charge in [-0.15, -0.1) is 12.4 Å². The molecular weight excluding hydrogens is 349 g/mol. The van der Waals surface area contributed by atoms with E-state index in [1.165, 1.54) is 0 Å². The third kappa shape index (κ3) is 3.88. The predicted molar refractivity (Wildman–Crippen MR) is 103 cm³/mol. The van der Waals surface area contributed by atoms with E-state index in [2.05, 4.69) is 20.2 Å². The highest BCUT2D eigenvalue weighted by Gasteiger charge is 2.23. The van der Waals surface area contributed by atoms with Crippen LogP contribution in [0.1, 0.15) is 19.8 Å². The molecule has 134 valence electrons. The lowest BCUT2D eigenvalue weighted by atomic mass is 10.1. The fraction of sp³-hybridized carbons (Fsp3) is 0.562. The van der Waals surface area contributed by atoms with Gasteiger partial charge in [-0.1, -0.05) is 11.6 Å². The summed E-state index contributed by atoms with van der Waals surface area (Å²) in [5.74, 6) is 0. The lowest BCUT2D eigenvalue weighted by molar-refractivity contribution is 0.129. The maximum absolute atomic E-state index is 6.49. The van der Waals surface area contributed by atoms with Gasteiger partial charge in [-0.05, 0) is 19.8 Å². The molecule has 2 aromatic rings. The van der Waals surface area contributed by atoms with Crippen LogP contribution < -0.4 is 16.0 Å². The number of H-pyrrole nitrogens is 1. The summed E-state index contributed by atoms with van der Waals surface area (Å²) < 4.78 is 5.30. The molecular formula is C16H25Cl2N5O. The Kier molecular flexibility index (Phi) is 6.57. The van der Waals surface area contributed by atoms with Crippen LogP contribution in [0.15, 0.2) is 12.4 Å². The minimum Gasteiger partial charge on any atom is -0.381 e. The maximum atomic E-state index is 6.49. The van der Waals surface area contributed by atoms with Crippen molar-refractivity contribution in [2.75, 3.05) is 37.0 Å². The minimum atomic E-state index is 0. The van der Waals surface area contributed by atoms with Crippen molar-refractivity contribution in [3.05, 3.63) is 17.4 Å². The molecule has 0 aliphatic carbocycles. The predicted octanol–water partition coefficient (Wildman–Crippen LogP) is 3.01. The Balaban J connectivity index is 0.00000208. The molecule has 0 saturated carbocycles. The minimum absolute atomic E-state index is 0. The molecule has 1 aliphatic heterocycles. The second-order valence-electron chi connectivity index (χ2n) is 6.16. The molecule has 1 fully saturated rings. The topological polar surface area (TPSA) is 79.2 Å². The van der Waals surface area contributed by atoms with E-state index in [1.54, 1.807) is 13.3 Å². The molecule has 8 heteroatoms. The lowest BCUT2D eigenvalue weighted by Gasteiger charge is -2.33. The number of aromatic nitrogens is 2. The summed E-state index contributed by atoms with van der Waals surface area (Å²) in [4.78, 5) is 9.90. The second-order valence-corrected chi connectivity index (χ2v) is 6.56. The van der Waals surface area contributed by atoms with E-state index in [0.717, 1.165) is 54.9 Å². The van der Waals surface area contributed by atoms with Crippen molar-refractivity contribution in [1.29, 1.82) is 0 Å². The Labute approximate surface area is 153 Å². The number of piperidine rings is 1. The molecule has 1 saturated heterocycles. The first-order valence-corrected chi connectivity index (χ1v) is 8.40. The van der Waals surface area contributed by atoms with Crippen molar-refractivity contribution in [2.24, 2.45) is 5.73 Å². The summed E-state index contributed by atoms with van der Waals surface area (Å²) in [6.07, 6.45) is 5.90. The monoisotopic (exact) mass is 373 g/mol. The fourth-order valence-corrected chi connectivity index (χ4v) is 3.32. The zero-order valence-corrected chi connectivity index (χ0v) is 15.6. The number of anilines is 2. The number of halogens is 2. The lowest BCUT2D eigenvalue weighted by Crippen LogP contribution is -2.43. The van der Waals surface area contributed by atoms with E-state index in [1.807, 2.05) is 13.1 Å². The Morgan fingerprint density at radius 3 is 3.08 bits per heavy atom. The number of rotatable bonds is 5. The molecule has 3 heterocycles. The van der Waals surface area contributed by atoms with Gasteiger partial charge in [0.2, 0.25) is 0 Å². The van der Waals surface area contributed by atoms with Crippen LogP contribution in [0.2, 0.25) is 5.02 Å². The summed E-state index contributed by atoms with van der Waals surface area (Å²) in [5, 5.41) is 5.11. The third-order valence-corrected chi connectivity index (χ3v) is 4.66. The molecule has 1 unspecified atom stereocenters. The van der Waals surface area contributed by atoms with Crippen LogP contribution in [0.25, 0.3) is 11.0 Å². The van der Waals surface area contributed by atoms with Crippen LogP contribution in [-0.4, -0.2) is 48.9 Å². The van der Waals surface area contributed by atoms with E-state index in [-0.39, 0.29) is 24.6 Å². The molecule has 6 nitrogen and oxygen atoms in total. The SMILES string of the molecule is COC(C)CNc1c[nH]c2ncc(Cl)c(N3CCC[C@@H](N)C3)c12.Cl. The van der Waals surface area contributed by atoms with Gasteiger partial charge in [0, 0.05) is 39.0 Å². The van der Waals surface area contributed by atoms with Crippen molar-refractivity contribution in [1.82, 2.24) is 9.97 Å². The van der Waals surface area contributed by atoms with E-state index in [9.17, 15) is 0 Å². The van der Waals surface area contributed by atoms with Gasteiger partial charge in [-0.3, -0.25) is 0 Å². The van der Waals surface area contributed by atoms with Crippen molar-refractivity contribution in [2.45, 2.75) is 31.9 Å². The van der Waals surface area contributed by atoms with Crippen molar-refractivity contribution < 1.29 is 4.74 Å². The number of hydrogen-bond donors (Lipinski definition) is 3. The molecule has 0 amide bonds. The molecule has 1 aliphatic rings. The van der Waals surface area contributed by atoms with Crippen LogP contribution in [0.4, 0.5) is 11.4 Å². The Morgan fingerprint density at radius 2 is 2.38 bits per heavy atom. The first-order valence-electron chi connectivity index (χ1n) is 8.03. The van der Waals surface area contributed by atoms with Gasteiger partial charge in [0.15, 0.2) is 0 Å². The molecule has 0 spiro atoms. The average Bonchev–Trinajstić information content (AvgIpc) is 2.95. The van der Waals surface area contributed by atoms with Gasteiger partial charge in [-0.2, -0.15) is 0 Å².